The van der Waals surface area contributed by atoms with Gasteiger partial charge in [-0.2, -0.15) is 0 Å². The molecule has 4 atom stereocenters. The molecule has 1 fully saturated rings. The number of alkyl halides is 1. The van der Waals surface area contributed by atoms with E-state index >= 15 is 0 Å². The van der Waals surface area contributed by atoms with Gasteiger partial charge in [0.1, 0.15) is 6.17 Å². The number of rotatable bonds is 0. The van der Waals surface area contributed by atoms with E-state index in [1.54, 1.807) is 0 Å². The van der Waals surface area contributed by atoms with Gasteiger partial charge in [0.25, 0.3) is 0 Å². The van der Waals surface area contributed by atoms with Crippen LogP contribution in [0.25, 0.3) is 0 Å². The molecule has 0 heterocycles. The van der Waals surface area contributed by atoms with Gasteiger partial charge in [0, 0.05) is 6.42 Å². The van der Waals surface area contributed by atoms with Crippen molar-refractivity contribution >= 4 is 0 Å². The van der Waals surface area contributed by atoms with Gasteiger partial charge in [-0.05, 0) is 36.5 Å². The van der Waals surface area contributed by atoms with Crippen LogP contribution in [-0.2, 0) is 0 Å². The average molecular weight is 196 g/mol. The zero-order valence-corrected chi connectivity index (χ0v) is 9.52. The van der Waals surface area contributed by atoms with Crippen molar-refractivity contribution < 1.29 is 4.39 Å². The summed E-state index contributed by atoms with van der Waals surface area (Å²) < 4.78 is 13.3. The molecular weight excluding hydrogens is 175 g/mol. The standard InChI is InChI=1S/C13H21F/c1-9-4-5-11-8-12(14)6-7-13(11,3)10(9)2/h5,9-10,12H,4,6-8H2,1-3H3. The maximum Gasteiger partial charge on any atom is 0.104 e. The first-order chi connectivity index (χ1) is 6.54. The second-order valence-corrected chi connectivity index (χ2v) is 5.49. The quantitative estimate of drug-likeness (QED) is 0.511. The van der Waals surface area contributed by atoms with Gasteiger partial charge < -0.3 is 0 Å². The van der Waals surface area contributed by atoms with E-state index in [1.807, 2.05) is 0 Å². The Morgan fingerprint density at radius 2 is 2.14 bits per heavy atom. The number of halogens is 1. The maximum absolute atomic E-state index is 13.3. The fourth-order valence-electron chi connectivity index (χ4n) is 3.19. The molecule has 14 heavy (non-hydrogen) atoms. The first kappa shape index (κ1) is 10.2. The summed E-state index contributed by atoms with van der Waals surface area (Å²) in [6.07, 6.45) is 5.41. The SMILES string of the molecule is CC1CC=C2CC(F)CCC2(C)C1C. The summed E-state index contributed by atoms with van der Waals surface area (Å²) in [4.78, 5) is 0. The summed E-state index contributed by atoms with van der Waals surface area (Å²) in [7, 11) is 0. The Labute approximate surface area is 86.6 Å². The minimum absolute atomic E-state index is 0.306. The fourth-order valence-corrected chi connectivity index (χ4v) is 3.19. The largest absolute Gasteiger partial charge is 0.247 e. The van der Waals surface area contributed by atoms with Crippen LogP contribution < -0.4 is 0 Å². The summed E-state index contributed by atoms with van der Waals surface area (Å²) in [5.41, 5.74) is 1.71. The fraction of sp³-hybridized carbons (Fsp3) is 0.846. The average Bonchev–Trinajstić information content (AvgIpc) is 2.16. The third-order valence-corrected chi connectivity index (χ3v) is 4.75. The molecule has 0 aromatic rings. The Balaban J connectivity index is 2.28. The lowest BCUT2D eigenvalue weighted by molar-refractivity contribution is 0.101. The smallest absolute Gasteiger partial charge is 0.104 e. The Morgan fingerprint density at radius 1 is 1.43 bits per heavy atom. The molecule has 0 saturated heterocycles. The number of hydrogen-bond acceptors (Lipinski definition) is 0. The van der Waals surface area contributed by atoms with Crippen LogP contribution >= 0.6 is 0 Å². The van der Waals surface area contributed by atoms with Crippen molar-refractivity contribution in [3.8, 4) is 0 Å². The summed E-state index contributed by atoms with van der Waals surface area (Å²) in [5.74, 6) is 1.48. The first-order valence-electron chi connectivity index (χ1n) is 5.87. The summed E-state index contributed by atoms with van der Waals surface area (Å²) in [5, 5.41) is 0. The summed E-state index contributed by atoms with van der Waals surface area (Å²) in [6.45, 7) is 7.01. The van der Waals surface area contributed by atoms with Crippen LogP contribution in [-0.4, -0.2) is 6.17 Å². The minimum atomic E-state index is -0.574. The van der Waals surface area contributed by atoms with E-state index in [0.717, 1.165) is 31.1 Å². The normalized spacial score (nSPS) is 48.3. The highest BCUT2D eigenvalue weighted by atomic mass is 19.1. The predicted octanol–water partition coefficient (Wildman–Crippen LogP) is 4.12. The van der Waals surface area contributed by atoms with Gasteiger partial charge in [-0.1, -0.05) is 32.4 Å². The lowest BCUT2D eigenvalue weighted by Crippen LogP contribution is -2.39. The zero-order valence-electron chi connectivity index (χ0n) is 9.52. The molecule has 0 aliphatic heterocycles. The Bertz CT molecular complexity index is 256. The molecule has 0 aromatic heterocycles. The van der Waals surface area contributed by atoms with E-state index in [4.69, 9.17) is 0 Å². The van der Waals surface area contributed by atoms with Gasteiger partial charge >= 0.3 is 0 Å². The maximum atomic E-state index is 13.3. The zero-order chi connectivity index (χ0) is 10.3. The molecule has 0 aromatic carbocycles. The van der Waals surface area contributed by atoms with E-state index < -0.39 is 6.17 Å². The Hall–Kier alpha value is -0.330. The molecule has 0 amide bonds. The van der Waals surface area contributed by atoms with Crippen LogP contribution in [0.5, 0.6) is 0 Å². The summed E-state index contributed by atoms with van der Waals surface area (Å²) in [6, 6.07) is 0. The first-order valence-corrected chi connectivity index (χ1v) is 5.87. The third-order valence-electron chi connectivity index (χ3n) is 4.75. The molecular formula is C13H21F. The molecule has 0 bridgehead atoms. The van der Waals surface area contributed by atoms with E-state index in [2.05, 4.69) is 26.8 Å². The van der Waals surface area contributed by atoms with Gasteiger partial charge in [-0.15, -0.1) is 0 Å². The molecule has 0 N–H and O–H groups in total. The van der Waals surface area contributed by atoms with E-state index in [0.29, 0.717) is 11.8 Å². The number of hydrogen-bond donors (Lipinski definition) is 0. The van der Waals surface area contributed by atoms with Crippen molar-refractivity contribution in [1.29, 1.82) is 0 Å². The van der Waals surface area contributed by atoms with Crippen LogP contribution in [0.1, 0.15) is 46.5 Å². The van der Waals surface area contributed by atoms with Crippen molar-refractivity contribution in [3.63, 3.8) is 0 Å². The second-order valence-electron chi connectivity index (χ2n) is 5.49. The molecule has 2 rings (SSSR count). The number of allylic oxidation sites excluding steroid dienone is 2. The van der Waals surface area contributed by atoms with Crippen molar-refractivity contribution in [2.75, 3.05) is 0 Å². The molecule has 0 spiro atoms. The van der Waals surface area contributed by atoms with Gasteiger partial charge in [-0.25, -0.2) is 4.39 Å². The molecule has 2 aliphatic carbocycles. The van der Waals surface area contributed by atoms with E-state index in [9.17, 15) is 4.39 Å². The minimum Gasteiger partial charge on any atom is -0.247 e. The molecule has 1 heteroatoms. The van der Waals surface area contributed by atoms with Gasteiger partial charge in [0.15, 0.2) is 0 Å². The molecule has 4 unspecified atom stereocenters. The molecule has 2 aliphatic rings. The monoisotopic (exact) mass is 196 g/mol. The number of fused-ring (bicyclic) bond motifs is 1. The highest BCUT2D eigenvalue weighted by Gasteiger charge is 2.43. The van der Waals surface area contributed by atoms with Crippen LogP contribution in [0.2, 0.25) is 0 Å². The highest BCUT2D eigenvalue weighted by molar-refractivity contribution is 5.22. The topological polar surface area (TPSA) is 0 Å². The van der Waals surface area contributed by atoms with Crippen LogP contribution in [0.4, 0.5) is 4.39 Å². The highest BCUT2D eigenvalue weighted by Crippen LogP contribution is 2.52. The van der Waals surface area contributed by atoms with Gasteiger partial charge in [0.2, 0.25) is 0 Å². The van der Waals surface area contributed by atoms with Crippen LogP contribution in [0.3, 0.4) is 0 Å². The van der Waals surface area contributed by atoms with Crippen LogP contribution in [0, 0.1) is 17.3 Å². The summed E-state index contributed by atoms with van der Waals surface area (Å²) >= 11 is 0. The lowest BCUT2D eigenvalue weighted by Gasteiger charge is -2.47. The van der Waals surface area contributed by atoms with Gasteiger partial charge in [0.05, 0.1) is 0 Å². The van der Waals surface area contributed by atoms with Crippen molar-refractivity contribution in [3.05, 3.63) is 11.6 Å². The Kier molecular flexibility index (Phi) is 2.45. The third kappa shape index (κ3) is 1.41. The van der Waals surface area contributed by atoms with Crippen LogP contribution in [0.15, 0.2) is 11.6 Å². The van der Waals surface area contributed by atoms with Gasteiger partial charge in [-0.3, -0.25) is 0 Å². The lowest BCUT2D eigenvalue weighted by atomic mass is 9.58. The van der Waals surface area contributed by atoms with E-state index in [-0.39, 0.29) is 0 Å². The van der Waals surface area contributed by atoms with Crippen molar-refractivity contribution in [1.82, 2.24) is 0 Å². The van der Waals surface area contributed by atoms with E-state index in [1.165, 1.54) is 5.57 Å². The Morgan fingerprint density at radius 3 is 2.86 bits per heavy atom. The molecule has 80 valence electrons. The second kappa shape index (κ2) is 3.36. The van der Waals surface area contributed by atoms with Crippen molar-refractivity contribution in [2.24, 2.45) is 17.3 Å². The molecule has 1 saturated carbocycles. The molecule has 0 nitrogen and oxygen atoms in total. The predicted molar refractivity (Wildman–Crippen MR) is 57.9 cm³/mol. The van der Waals surface area contributed by atoms with Crippen molar-refractivity contribution in [2.45, 2.75) is 52.6 Å². The molecule has 0 radical (unpaired) electrons.